The number of nitrogens with zero attached hydrogens (tertiary/aromatic N) is 1. The Labute approximate surface area is 126 Å². The van der Waals surface area contributed by atoms with E-state index in [2.05, 4.69) is 45.3 Å². The molecule has 0 atom stereocenters. The van der Waals surface area contributed by atoms with E-state index in [4.69, 9.17) is 5.73 Å². The molecule has 0 aliphatic carbocycles. The highest BCUT2D eigenvalue weighted by atomic mass is 79.9. The number of nitrogen functional groups attached to an aromatic ring is 1. The van der Waals surface area contributed by atoms with Crippen molar-refractivity contribution in [3.05, 3.63) is 58.7 Å². The van der Waals surface area contributed by atoms with Gasteiger partial charge in [-0.2, -0.15) is 0 Å². The molecule has 0 aliphatic rings. The van der Waals surface area contributed by atoms with Crippen LogP contribution in [0.4, 0.5) is 17.1 Å². The third-order valence-corrected chi connectivity index (χ3v) is 3.85. The average Bonchev–Trinajstić information content (AvgIpc) is 2.43. The zero-order valence-corrected chi connectivity index (χ0v) is 12.6. The minimum absolute atomic E-state index is 0.721. The molecule has 100 valence electrons. The SMILES string of the molecule is Cc1ccc(Br)c(Nc2ccnc3cc(N)ccc23)c1. The van der Waals surface area contributed by atoms with Gasteiger partial charge in [0.2, 0.25) is 0 Å². The number of fused-ring (bicyclic) bond motifs is 1. The summed E-state index contributed by atoms with van der Waals surface area (Å²) in [5, 5.41) is 4.50. The Kier molecular flexibility index (Phi) is 3.32. The van der Waals surface area contributed by atoms with Gasteiger partial charge in [-0.05, 0) is 64.8 Å². The van der Waals surface area contributed by atoms with Crippen molar-refractivity contribution in [2.45, 2.75) is 6.92 Å². The summed E-state index contributed by atoms with van der Waals surface area (Å²) in [6.07, 6.45) is 1.79. The van der Waals surface area contributed by atoms with Crippen LogP contribution in [-0.4, -0.2) is 4.98 Å². The topological polar surface area (TPSA) is 50.9 Å². The smallest absolute Gasteiger partial charge is 0.0743 e. The lowest BCUT2D eigenvalue weighted by molar-refractivity contribution is 1.39. The molecule has 0 spiro atoms. The van der Waals surface area contributed by atoms with Gasteiger partial charge in [0, 0.05) is 27.4 Å². The summed E-state index contributed by atoms with van der Waals surface area (Å²) in [6.45, 7) is 2.07. The number of hydrogen-bond donors (Lipinski definition) is 2. The largest absolute Gasteiger partial charge is 0.399 e. The molecule has 20 heavy (non-hydrogen) atoms. The predicted octanol–water partition coefficient (Wildman–Crippen LogP) is 4.63. The summed E-state index contributed by atoms with van der Waals surface area (Å²) in [5.41, 5.74) is 10.7. The Balaban J connectivity index is 2.09. The second-order valence-electron chi connectivity index (χ2n) is 4.74. The summed E-state index contributed by atoms with van der Waals surface area (Å²) in [5.74, 6) is 0. The number of nitrogens with one attached hydrogen (secondary N) is 1. The quantitative estimate of drug-likeness (QED) is 0.674. The molecule has 3 rings (SSSR count). The van der Waals surface area contributed by atoms with Crippen LogP contribution < -0.4 is 11.1 Å². The molecular formula is C16H14BrN3. The molecular weight excluding hydrogens is 314 g/mol. The molecule has 0 saturated heterocycles. The van der Waals surface area contributed by atoms with E-state index in [9.17, 15) is 0 Å². The minimum Gasteiger partial charge on any atom is -0.399 e. The maximum absolute atomic E-state index is 5.80. The first-order valence-corrected chi connectivity index (χ1v) is 7.10. The predicted molar refractivity (Wildman–Crippen MR) is 88.3 cm³/mol. The summed E-state index contributed by atoms with van der Waals surface area (Å²) in [7, 11) is 0. The van der Waals surface area contributed by atoms with Gasteiger partial charge < -0.3 is 11.1 Å². The van der Waals surface area contributed by atoms with Crippen molar-refractivity contribution in [2.75, 3.05) is 11.1 Å². The maximum atomic E-state index is 5.80. The summed E-state index contributed by atoms with van der Waals surface area (Å²) < 4.78 is 1.03. The van der Waals surface area contributed by atoms with Crippen LogP contribution in [0.15, 0.2) is 53.1 Å². The van der Waals surface area contributed by atoms with Crippen LogP contribution in [0.5, 0.6) is 0 Å². The molecule has 0 saturated carbocycles. The van der Waals surface area contributed by atoms with E-state index in [0.717, 1.165) is 32.4 Å². The van der Waals surface area contributed by atoms with Crippen LogP contribution in [0.1, 0.15) is 5.56 Å². The van der Waals surface area contributed by atoms with Crippen LogP contribution >= 0.6 is 15.9 Å². The zero-order valence-electron chi connectivity index (χ0n) is 11.0. The number of benzene rings is 2. The van der Waals surface area contributed by atoms with Crippen LogP contribution in [0.3, 0.4) is 0 Å². The molecule has 3 N–H and O–H groups in total. The molecule has 0 fully saturated rings. The lowest BCUT2D eigenvalue weighted by Crippen LogP contribution is -1.95. The van der Waals surface area contributed by atoms with E-state index in [1.165, 1.54) is 5.56 Å². The highest BCUT2D eigenvalue weighted by molar-refractivity contribution is 9.10. The molecule has 0 unspecified atom stereocenters. The first kappa shape index (κ1) is 12.9. The summed E-state index contributed by atoms with van der Waals surface area (Å²) in [4.78, 5) is 4.35. The minimum atomic E-state index is 0.721. The second-order valence-corrected chi connectivity index (χ2v) is 5.60. The standard InChI is InChI=1S/C16H14BrN3/c1-10-2-5-13(17)16(8-10)20-14-6-7-19-15-9-11(18)3-4-12(14)15/h2-9H,18H2,1H3,(H,19,20). The Hall–Kier alpha value is -2.07. The molecule has 0 radical (unpaired) electrons. The average molecular weight is 328 g/mol. The number of aryl methyl sites for hydroxylation is 1. The number of nitrogens with two attached hydrogens (primary N) is 1. The van der Waals surface area contributed by atoms with Crippen LogP contribution in [0.25, 0.3) is 10.9 Å². The molecule has 2 aromatic carbocycles. The highest BCUT2D eigenvalue weighted by Gasteiger charge is 2.05. The van der Waals surface area contributed by atoms with Gasteiger partial charge in [-0.15, -0.1) is 0 Å². The molecule has 0 aliphatic heterocycles. The van der Waals surface area contributed by atoms with Crippen LogP contribution in [0.2, 0.25) is 0 Å². The van der Waals surface area contributed by atoms with E-state index in [-0.39, 0.29) is 0 Å². The molecule has 1 heterocycles. The van der Waals surface area contributed by atoms with Crippen molar-refractivity contribution in [1.29, 1.82) is 0 Å². The third-order valence-electron chi connectivity index (χ3n) is 3.16. The number of rotatable bonds is 2. The van der Waals surface area contributed by atoms with Crippen molar-refractivity contribution in [3.8, 4) is 0 Å². The van der Waals surface area contributed by atoms with Gasteiger partial charge >= 0.3 is 0 Å². The Bertz CT molecular complexity index is 784. The lowest BCUT2D eigenvalue weighted by Gasteiger charge is -2.12. The van der Waals surface area contributed by atoms with Gasteiger partial charge in [-0.3, -0.25) is 4.98 Å². The fourth-order valence-electron chi connectivity index (χ4n) is 2.15. The van der Waals surface area contributed by atoms with Crippen molar-refractivity contribution in [3.63, 3.8) is 0 Å². The van der Waals surface area contributed by atoms with E-state index in [1.54, 1.807) is 6.20 Å². The molecule has 1 aromatic heterocycles. The van der Waals surface area contributed by atoms with Gasteiger partial charge in [-0.25, -0.2) is 0 Å². The van der Waals surface area contributed by atoms with Crippen molar-refractivity contribution in [2.24, 2.45) is 0 Å². The number of aromatic nitrogens is 1. The van der Waals surface area contributed by atoms with E-state index < -0.39 is 0 Å². The highest BCUT2D eigenvalue weighted by Crippen LogP contribution is 2.30. The normalized spacial score (nSPS) is 10.7. The van der Waals surface area contributed by atoms with Crippen LogP contribution in [-0.2, 0) is 0 Å². The molecule has 0 bridgehead atoms. The van der Waals surface area contributed by atoms with Crippen molar-refractivity contribution < 1.29 is 0 Å². The lowest BCUT2D eigenvalue weighted by atomic mass is 10.1. The molecule has 0 amide bonds. The van der Waals surface area contributed by atoms with Crippen molar-refractivity contribution in [1.82, 2.24) is 4.98 Å². The number of pyridine rings is 1. The fraction of sp³-hybridized carbons (Fsp3) is 0.0625. The Morgan fingerprint density at radius 1 is 1.05 bits per heavy atom. The first-order valence-electron chi connectivity index (χ1n) is 6.31. The van der Waals surface area contributed by atoms with E-state index >= 15 is 0 Å². The van der Waals surface area contributed by atoms with Gasteiger partial charge in [0.1, 0.15) is 0 Å². The summed E-state index contributed by atoms with van der Waals surface area (Å²) >= 11 is 3.57. The number of halogens is 1. The summed E-state index contributed by atoms with van der Waals surface area (Å²) in [6, 6.07) is 13.9. The molecule has 3 aromatic rings. The monoisotopic (exact) mass is 327 g/mol. The number of hydrogen-bond acceptors (Lipinski definition) is 3. The molecule has 4 heteroatoms. The fourth-order valence-corrected chi connectivity index (χ4v) is 2.50. The van der Waals surface area contributed by atoms with E-state index in [1.807, 2.05) is 30.3 Å². The zero-order chi connectivity index (χ0) is 14.1. The van der Waals surface area contributed by atoms with Gasteiger partial charge in [0.15, 0.2) is 0 Å². The van der Waals surface area contributed by atoms with Gasteiger partial charge in [0.25, 0.3) is 0 Å². The second kappa shape index (κ2) is 5.13. The van der Waals surface area contributed by atoms with Gasteiger partial charge in [-0.1, -0.05) is 6.07 Å². The molecule has 3 nitrogen and oxygen atoms in total. The Morgan fingerprint density at radius 2 is 1.90 bits per heavy atom. The number of anilines is 3. The van der Waals surface area contributed by atoms with Crippen LogP contribution in [0, 0.1) is 6.92 Å². The van der Waals surface area contributed by atoms with Gasteiger partial charge in [0.05, 0.1) is 11.2 Å². The van der Waals surface area contributed by atoms with Crippen molar-refractivity contribution >= 4 is 43.9 Å². The first-order chi connectivity index (χ1) is 9.63. The Morgan fingerprint density at radius 3 is 2.75 bits per heavy atom. The maximum Gasteiger partial charge on any atom is 0.0743 e. The van der Waals surface area contributed by atoms with E-state index in [0.29, 0.717) is 0 Å². The third kappa shape index (κ3) is 2.47.